The van der Waals surface area contributed by atoms with Crippen LogP contribution < -0.4 is 14.2 Å². The zero-order valence-corrected chi connectivity index (χ0v) is 15.0. The summed E-state index contributed by atoms with van der Waals surface area (Å²) in [6.07, 6.45) is 4.05. The average Bonchev–Trinajstić information content (AvgIpc) is 2.63. The summed E-state index contributed by atoms with van der Waals surface area (Å²) >= 11 is 0. The van der Waals surface area contributed by atoms with Gasteiger partial charge in [0, 0.05) is 6.08 Å². The van der Waals surface area contributed by atoms with Gasteiger partial charge in [-0.1, -0.05) is 25.1 Å². The van der Waals surface area contributed by atoms with Crippen molar-refractivity contribution < 1.29 is 19.0 Å². The topological polar surface area (TPSA) is 44.8 Å². The van der Waals surface area contributed by atoms with E-state index in [4.69, 9.17) is 14.2 Å². The van der Waals surface area contributed by atoms with Crippen molar-refractivity contribution in [3.05, 3.63) is 59.7 Å². The van der Waals surface area contributed by atoms with Crippen LogP contribution in [-0.2, 0) is 11.2 Å². The highest BCUT2D eigenvalue weighted by atomic mass is 16.5. The van der Waals surface area contributed by atoms with Crippen molar-refractivity contribution in [1.82, 2.24) is 0 Å². The molecule has 0 saturated carbocycles. The minimum atomic E-state index is -0.420. The molecule has 0 amide bonds. The largest absolute Gasteiger partial charge is 0.490 e. The summed E-state index contributed by atoms with van der Waals surface area (Å²) < 4.78 is 16.4. The maximum absolute atomic E-state index is 12.0. The van der Waals surface area contributed by atoms with Gasteiger partial charge in [0.1, 0.15) is 5.75 Å². The van der Waals surface area contributed by atoms with E-state index in [1.807, 2.05) is 44.2 Å². The van der Waals surface area contributed by atoms with Gasteiger partial charge in [-0.2, -0.15) is 0 Å². The first kappa shape index (κ1) is 18.6. The number of ether oxygens (including phenoxy) is 3. The van der Waals surface area contributed by atoms with E-state index >= 15 is 0 Å². The summed E-state index contributed by atoms with van der Waals surface area (Å²) in [5.41, 5.74) is 2.04. The van der Waals surface area contributed by atoms with Crippen LogP contribution in [0.1, 0.15) is 31.9 Å². The molecule has 0 fully saturated rings. The second kappa shape index (κ2) is 9.52. The molecule has 0 heterocycles. The number of benzene rings is 2. The lowest BCUT2D eigenvalue weighted by molar-refractivity contribution is -0.128. The number of hydrogen-bond acceptors (Lipinski definition) is 4. The van der Waals surface area contributed by atoms with E-state index in [9.17, 15) is 4.79 Å². The lowest BCUT2D eigenvalue weighted by Crippen LogP contribution is -2.03. The lowest BCUT2D eigenvalue weighted by Gasteiger charge is -2.11. The van der Waals surface area contributed by atoms with Gasteiger partial charge in [-0.25, -0.2) is 4.79 Å². The highest BCUT2D eigenvalue weighted by Crippen LogP contribution is 2.29. The smallest absolute Gasteiger partial charge is 0.336 e. The van der Waals surface area contributed by atoms with Gasteiger partial charge < -0.3 is 14.2 Å². The molecule has 25 heavy (non-hydrogen) atoms. The Bertz CT molecular complexity index is 717. The van der Waals surface area contributed by atoms with Crippen LogP contribution in [0.25, 0.3) is 6.08 Å². The molecule has 0 saturated heterocycles. The maximum Gasteiger partial charge on any atom is 0.336 e. The molecule has 2 aromatic rings. The maximum atomic E-state index is 12.0. The molecule has 132 valence electrons. The van der Waals surface area contributed by atoms with E-state index < -0.39 is 5.97 Å². The standard InChI is InChI=1S/C21H24O4/c1-4-16-7-11-18(12-8-16)25-21(22)14-10-17-9-13-19(23-5-2)20(15-17)24-6-3/h7-15H,4-6H2,1-3H3/b14-10+. The van der Waals surface area contributed by atoms with E-state index in [2.05, 4.69) is 6.92 Å². The van der Waals surface area contributed by atoms with Gasteiger partial charge >= 0.3 is 5.97 Å². The molecule has 0 N–H and O–H groups in total. The van der Waals surface area contributed by atoms with Crippen LogP contribution in [0.2, 0.25) is 0 Å². The van der Waals surface area contributed by atoms with Gasteiger partial charge in [-0.15, -0.1) is 0 Å². The number of esters is 1. The average molecular weight is 340 g/mol. The Hall–Kier alpha value is -2.75. The molecule has 0 radical (unpaired) electrons. The van der Waals surface area contributed by atoms with Crippen molar-refractivity contribution in [2.75, 3.05) is 13.2 Å². The zero-order chi connectivity index (χ0) is 18.1. The molecule has 0 aliphatic heterocycles. The van der Waals surface area contributed by atoms with E-state index in [0.29, 0.717) is 30.5 Å². The Morgan fingerprint density at radius 1 is 0.920 bits per heavy atom. The third-order valence-electron chi connectivity index (χ3n) is 3.53. The quantitative estimate of drug-likeness (QED) is 0.398. The second-order valence-corrected chi connectivity index (χ2v) is 5.32. The van der Waals surface area contributed by atoms with Gasteiger partial charge in [-0.05, 0) is 61.7 Å². The number of hydrogen-bond donors (Lipinski definition) is 0. The van der Waals surface area contributed by atoms with Crippen LogP contribution in [0.5, 0.6) is 17.2 Å². The van der Waals surface area contributed by atoms with Gasteiger partial charge in [0.25, 0.3) is 0 Å². The Balaban J connectivity index is 2.04. The van der Waals surface area contributed by atoms with E-state index in [1.54, 1.807) is 18.2 Å². The van der Waals surface area contributed by atoms with Crippen molar-refractivity contribution in [2.45, 2.75) is 27.2 Å². The Labute approximate surface area is 149 Å². The highest BCUT2D eigenvalue weighted by molar-refractivity contribution is 5.88. The Morgan fingerprint density at radius 2 is 1.60 bits per heavy atom. The van der Waals surface area contributed by atoms with Gasteiger partial charge in [0.05, 0.1) is 13.2 Å². The monoisotopic (exact) mass is 340 g/mol. The summed E-state index contributed by atoms with van der Waals surface area (Å²) in [5.74, 6) is 1.47. The summed E-state index contributed by atoms with van der Waals surface area (Å²) in [5, 5.41) is 0. The predicted molar refractivity (Wildman–Crippen MR) is 99.3 cm³/mol. The molecule has 2 rings (SSSR count). The summed E-state index contributed by atoms with van der Waals surface area (Å²) in [7, 11) is 0. The molecule has 4 heteroatoms. The number of carbonyl (C=O) groups excluding carboxylic acids is 1. The van der Waals surface area contributed by atoms with Crippen LogP contribution >= 0.6 is 0 Å². The molecular formula is C21H24O4. The van der Waals surface area contributed by atoms with Gasteiger partial charge in [0.2, 0.25) is 0 Å². The van der Waals surface area contributed by atoms with Crippen molar-refractivity contribution in [2.24, 2.45) is 0 Å². The number of aryl methyl sites for hydroxylation is 1. The summed E-state index contributed by atoms with van der Waals surface area (Å²) in [6.45, 7) is 7.03. The molecule has 0 aliphatic carbocycles. The van der Waals surface area contributed by atoms with Crippen LogP contribution in [0.3, 0.4) is 0 Å². The fourth-order valence-electron chi connectivity index (χ4n) is 2.28. The number of rotatable bonds is 8. The minimum absolute atomic E-state index is 0.420. The molecular weight excluding hydrogens is 316 g/mol. The fraction of sp³-hybridized carbons (Fsp3) is 0.286. The van der Waals surface area contributed by atoms with Crippen LogP contribution in [-0.4, -0.2) is 19.2 Å². The van der Waals surface area contributed by atoms with E-state index in [-0.39, 0.29) is 0 Å². The van der Waals surface area contributed by atoms with Gasteiger partial charge in [0.15, 0.2) is 11.5 Å². The molecule has 4 nitrogen and oxygen atoms in total. The summed E-state index contributed by atoms with van der Waals surface area (Å²) in [6, 6.07) is 13.0. The normalized spacial score (nSPS) is 10.7. The first-order valence-electron chi connectivity index (χ1n) is 8.54. The highest BCUT2D eigenvalue weighted by Gasteiger charge is 2.06. The second-order valence-electron chi connectivity index (χ2n) is 5.32. The molecule has 0 bridgehead atoms. The Morgan fingerprint density at radius 3 is 2.24 bits per heavy atom. The third-order valence-corrected chi connectivity index (χ3v) is 3.53. The van der Waals surface area contributed by atoms with Crippen LogP contribution in [0.15, 0.2) is 48.5 Å². The zero-order valence-electron chi connectivity index (χ0n) is 15.0. The van der Waals surface area contributed by atoms with Crippen LogP contribution in [0.4, 0.5) is 0 Å². The number of carbonyl (C=O) groups is 1. The molecule has 0 aromatic heterocycles. The molecule has 2 aromatic carbocycles. The molecule has 0 aliphatic rings. The van der Waals surface area contributed by atoms with E-state index in [0.717, 1.165) is 12.0 Å². The predicted octanol–water partition coefficient (Wildman–Crippen LogP) is 4.67. The molecule has 0 unspecified atom stereocenters. The first-order chi connectivity index (χ1) is 12.2. The minimum Gasteiger partial charge on any atom is -0.490 e. The van der Waals surface area contributed by atoms with Crippen LogP contribution in [0, 0.1) is 0 Å². The van der Waals surface area contributed by atoms with Crippen molar-refractivity contribution in [3.8, 4) is 17.2 Å². The third kappa shape index (κ3) is 5.68. The van der Waals surface area contributed by atoms with E-state index in [1.165, 1.54) is 11.6 Å². The Kier molecular flexibility index (Phi) is 7.08. The summed E-state index contributed by atoms with van der Waals surface area (Å²) in [4.78, 5) is 12.0. The first-order valence-corrected chi connectivity index (χ1v) is 8.54. The van der Waals surface area contributed by atoms with Crippen molar-refractivity contribution >= 4 is 12.0 Å². The fourth-order valence-corrected chi connectivity index (χ4v) is 2.28. The molecule has 0 atom stereocenters. The van der Waals surface area contributed by atoms with Crippen molar-refractivity contribution in [1.29, 1.82) is 0 Å². The SMILES string of the molecule is CCOc1ccc(/C=C/C(=O)Oc2ccc(CC)cc2)cc1OCC. The van der Waals surface area contributed by atoms with Gasteiger partial charge in [-0.3, -0.25) is 0 Å². The van der Waals surface area contributed by atoms with Crippen molar-refractivity contribution in [3.63, 3.8) is 0 Å². The lowest BCUT2D eigenvalue weighted by atomic mass is 10.2. The molecule has 0 spiro atoms.